The quantitative estimate of drug-likeness (QED) is 0.559. The molecule has 0 unspecified atom stereocenters. The Morgan fingerprint density at radius 2 is 2.23 bits per heavy atom. The van der Waals surface area contributed by atoms with Crippen LogP contribution in [0.1, 0.15) is 10.4 Å². The van der Waals surface area contributed by atoms with E-state index in [2.05, 4.69) is 10.1 Å². The molecule has 1 amide bonds. The van der Waals surface area contributed by atoms with Gasteiger partial charge in [0, 0.05) is 11.6 Å². The Bertz CT molecular complexity index is 475. The van der Waals surface area contributed by atoms with Crippen molar-refractivity contribution in [1.82, 2.24) is 14.9 Å². The SMILES string of the molecule is NC(=O)c1cnc2c(cnn2N)c1. The summed E-state index contributed by atoms with van der Waals surface area (Å²) in [6, 6.07) is 1.60. The molecule has 6 heteroatoms. The molecule has 0 atom stereocenters. The van der Waals surface area contributed by atoms with E-state index in [1.54, 1.807) is 6.07 Å². The molecule has 13 heavy (non-hydrogen) atoms. The largest absolute Gasteiger partial charge is 0.366 e. The van der Waals surface area contributed by atoms with Gasteiger partial charge in [0.25, 0.3) is 0 Å². The Morgan fingerprint density at radius 3 is 2.92 bits per heavy atom. The van der Waals surface area contributed by atoms with E-state index < -0.39 is 5.91 Å². The number of pyridine rings is 1. The maximum atomic E-state index is 10.8. The van der Waals surface area contributed by atoms with Crippen LogP contribution in [0.15, 0.2) is 18.5 Å². The van der Waals surface area contributed by atoms with Crippen molar-refractivity contribution in [3.05, 3.63) is 24.0 Å². The second-order valence-electron chi connectivity index (χ2n) is 2.59. The van der Waals surface area contributed by atoms with Crippen LogP contribution in [0, 0.1) is 0 Å². The van der Waals surface area contributed by atoms with Crippen LogP contribution < -0.4 is 11.6 Å². The second kappa shape index (κ2) is 2.44. The first-order valence-corrected chi connectivity index (χ1v) is 3.57. The van der Waals surface area contributed by atoms with E-state index in [1.165, 1.54) is 12.4 Å². The first kappa shape index (κ1) is 7.53. The van der Waals surface area contributed by atoms with Crippen LogP contribution in [0.4, 0.5) is 0 Å². The normalized spacial score (nSPS) is 10.5. The van der Waals surface area contributed by atoms with Crippen molar-refractivity contribution < 1.29 is 4.79 Å². The van der Waals surface area contributed by atoms with Gasteiger partial charge in [-0.05, 0) is 6.07 Å². The van der Waals surface area contributed by atoms with Crippen LogP contribution in [-0.2, 0) is 0 Å². The van der Waals surface area contributed by atoms with E-state index >= 15 is 0 Å². The van der Waals surface area contributed by atoms with Crippen molar-refractivity contribution >= 4 is 16.9 Å². The van der Waals surface area contributed by atoms with Gasteiger partial charge in [0.05, 0.1) is 11.8 Å². The minimum absolute atomic E-state index is 0.348. The minimum Gasteiger partial charge on any atom is -0.366 e. The molecule has 0 aliphatic carbocycles. The van der Waals surface area contributed by atoms with Gasteiger partial charge >= 0.3 is 0 Å². The van der Waals surface area contributed by atoms with Gasteiger partial charge in [-0.2, -0.15) is 9.89 Å². The van der Waals surface area contributed by atoms with Gasteiger partial charge in [-0.3, -0.25) is 4.79 Å². The Balaban J connectivity index is 2.70. The first-order valence-electron chi connectivity index (χ1n) is 3.57. The zero-order chi connectivity index (χ0) is 9.42. The molecule has 6 nitrogen and oxygen atoms in total. The maximum Gasteiger partial charge on any atom is 0.250 e. The number of carbonyl (C=O) groups excluding carboxylic acids is 1. The van der Waals surface area contributed by atoms with Crippen molar-refractivity contribution in [2.45, 2.75) is 0 Å². The van der Waals surface area contributed by atoms with Gasteiger partial charge < -0.3 is 11.6 Å². The van der Waals surface area contributed by atoms with Gasteiger partial charge in [-0.25, -0.2) is 4.98 Å². The van der Waals surface area contributed by atoms with E-state index in [9.17, 15) is 4.79 Å². The van der Waals surface area contributed by atoms with Gasteiger partial charge in [0.1, 0.15) is 0 Å². The Hall–Kier alpha value is -2.11. The van der Waals surface area contributed by atoms with Crippen molar-refractivity contribution in [3.63, 3.8) is 0 Å². The molecule has 0 fully saturated rings. The maximum absolute atomic E-state index is 10.8. The number of hydrogen-bond donors (Lipinski definition) is 2. The Labute approximate surface area is 73.1 Å². The lowest BCUT2D eigenvalue weighted by molar-refractivity contribution is 0.1000. The van der Waals surface area contributed by atoms with Crippen molar-refractivity contribution in [3.8, 4) is 0 Å². The van der Waals surface area contributed by atoms with E-state index in [4.69, 9.17) is 11.6 Å². The number of nitrogens with zero attached hydrogens (tertiary/aromatic N) is 3. The number of rotatable bonds is 1. The lowest BCUT2D eigenvalue weighted by Crippen LogP contribution is -2.12. The highest BCUT2D eigenvalue weighted by Gasteiger charge is 2.05. The number of fused-ring (bicyclic) bond motifs is 1. The molecule has 0 saturated carbocycles. The van der Waals surface area contributed by atoms with E-state index in [1.807, 2.05) is 0 Å². The fourth-order valence-corrected chi connectivity index (χ4v) is 1.07. The van der Waals surface area contributed by atoms with Crippen molar-refractivity contribution in [1.29, 1.82) is 0 Å². The van der Waals surface area contributed by atoms with Gasteiger partial charge in [-0.1, -0.05) is 0 Å². The molecule has 2 aromatic rings. The molecule has 66 valence electrons. The molecule has 0 spiro atoms. The number of primary amides is 1. The summed E-state index contributed by atoms with van der Waals surface area (Å²) in [5, 5.41) is 4.47. The zero-order valence-electron chi connectivity index (χ0n) is 6.64. The van der Waals surface area contributed by atoms with Crippen LogP contribution >= 0.6 is 0 Å². The third-order valence-electron chi connectivity index (χ3n) is 1.72. The predicted octanol–water partition coefficient (Wildman–Crippen LogP) is -0.756. The fourth-order valence-electron chi connectivity index (χ4n) is 1.07. The van der Waals surface area contributed by atoms with Crippen LogP contribution in [-0.4, -0.2) is 20.8 Å². The number of aromatic nitrogens is 3. The monoisotopic (exact) mass is 177 g/mol. The van der Waals surface area contributed by atoms with E-state index in [0.29, 0.717) is 16.6 Å². The molecule has 0 radical (unpaired) electrons. The molecular formula is C7H7N5O. The standard InChI is InChI=1S/C7H7N5O/c8-6(13)4-1-5-3-11-12(9)7(5)10-2-4/h1-3H,9H2,(H2,8,13). The molecule has 2 aromatic heterocycles. The van der Waals surface area contributed by atoms with Crippen LogP contribution in [0.25, 0.3) is 11.0 Å². The summed E-state index contributed by atoms with van der Waals surface area (Å²) in [7, 11) is 0. The van der Waals surface area contributed by atoms with E-state index in [0.717, 1.165) is 4.79 Å². The summed E-state index contributed by atoms with van der Waals surface area (Å²) in [4.78, 5) is 15.9. The van der Waals surface area contributed by atoms with Crippen LogP contribution in [0.2, 0.25) is 0 Å². The summed E-state index contributed by atoms with van der Waals surface area (Å²) in [6.07, 6.45) is 2.89. The Morgan fingerprint density at radius 1 is 1.46 bits per heavy atom. The molecule has 2 rings (SSSR count). The molecule has 0 aliphatic rings. The molecular weight excluding hydrogens is 170 g/mol. The topological polar surface area (TPSA) is 99.8 Å². The van der Waals surface area contributed by atoms with Gasteiger partial charge in [0.2, 0.25) is 5.91 Å². The van der Waals surface area contributed by atoms with Crippen LogP contribution in [0.5, 0.6) is 0 Å². The number of nitrogens with two attached hydrogens (primary N) is 2. The summed E-state index contributed by atoms with van der Waals surface area (Å²) >= 11 is 0. The Kier molecular flexibility index (Phi) is 1.42. The second-order valence-corrected chi connectivity index (χ2v) is 2.59. The minimum atomic E-state index is -0.515. The highest BCUT2D eigenvalue weighted by atomic mass is 16.1. The average molecular weight is 177 g/mol. The summed E-state index contributed by atoms with van der Waals surface area (Å²) < 4.78 is 0. The molecule has 0 saturated heterocycles. The highest BCUT2D eigenvalue weighted by molar-refractivity contribution is 5.95. The fraction of sp³-hybridized carbons (Fsp3) is 0. The summed E-state index contributed by atoms with van der Waals surface area (Å²) in [5.74, 6) is 4.91. The molecule has 4 N–H and O–H groups in total. The number of nitrogen functional groups attached to an aromatic ring is 1. The third kappa shape index (κ3) is 1.08. The van der Waals surface area contributed by atoms with Crippen molar-refractivity contribution in [2.75, 3.05) is 5.84 Å². The highest BCUT2D eigenvalue weighted by Crippen LogP contribution is 2.10. The summed E-state index contributed by atoms with van der Waals surface area (Å²) in [5.41, 5.74) is 5.94. The average Bonchev–Trinajstić information content (AvgIpc) is 2.47. The van der Waals surface area contributed by atoms with Gasteiger partial charge in [-0.15, -0.1) is 0 Å². The van der Waals surface area contributed by atoms with E-state index in [-0.39, 0.29) is 0 Å². The molecule has 0 aliphatic heterocycles. The first-order chi connectivity index (χ1) is 6.18. The molecule has 0 aromatic carbocycles. The smallest absolute Gasteiger partial charge is 0.250 e. The zero-order valence-corrected chi connectivity index (χ0v) is 6.64. The molecule has 0 bridgehead atoms. The number of amides is 1. The number of hydrogen-bond acceptors (Lipinski definition) is 4. The van der Waals surface area contributed by atoms with Crippen LogP contribution in [0.3, 0.4) is 0 Å². The predicted molar refractivity (Wildman–Crippen MR) is 46.2 cm³/mol. The molecule has 2 heterocycles. The third-order valence-corrected chi connectivity index (χ3v) is 1.72. The lowest BCUT2D eigenvalue weighted by Gasteiger charge is -1.95. The lowest BCUT2D eigenvalue weighted by atomic mass is 10.2. The summed E-state index contributed by atoms with van der Waals surface area (Å²) in [6.45, 7) is 0. The number of carbonyl (C=O) groups is 1. The van der Waals surface area contributed by atoms with Gasteiger partial charge in [0.15, 0.2) is 5.65 Å². The van der Waals surface area contributed by atoms with Crippen molar-refractivity contribution in [2.24, 2.45) is 5.73 Å².